The third-order valence-electron chi connectivity index (χ3n) is 3.60. The lowest BCUT2D eigenvalue weighted by molar-refractivity contribution is -0.144. The van der Waals surface area contributed by atoms with E-state index in [9.17, 15) is 14.7 Å². The molecule has 0 bridgehead atoms. The molecule has 1 saturated heterocycles. The number of aromatic nitrogens is 3. The van der Waals surface area contributed by atoms with Crippen molar-refractivity contribution in [1.82, 2.24) is 20.3 Å². The summed E-state index contributed by atoms with van der Waals surface area (Å²) in [4.78, 5) is 36.7. The van der Waals surface area contributed by atoms with E-state index in [0.29, 0.717) is 28.6 Å². The molecule has 1 aliphatic rings. The summed E-state index contributed by atoms with van der Waals surface area (Å²) in [6.07, 6.45) is 5.47. The van der Waals surface area contributed by atoms with Gasteiger partial charge in [0.15, 0.2) is 10.8 Å². The molecule has 2 aromatic heterocycles. The van der Waals surface area contributed by atoms with Crippen LogP contribution in [0.3, 0.4) is 0 Å². The standard InChI is InChI=1S/C14H14N4O3S2/c19-11(18-14(13(20)21)2-6-22-7-3-14)9-8-17-12(23-9)10-15-4-1-5-16-10/h1,4-5,8H,2-3,6-7H2,(H,18,19)(H,20,21). The highest BCUT2D eigenvalue weighted by atomic mass is 32.2. The Morgan fingerprint density at radius 3 is 2.52 bits per heavy atom. The first-order valence-corrected chi connectivity index (χ1v) is 8.95. The van der Waals surface area contributed by atoms with Gasteiger partial charge in [-0.2, -0.15) is 11.8 Å². The first-order valence-electron chi connectivity index (χ1n) is 6.98. The fourth-order valence-corrected chi connectivity index (χ4v) is 4.23. The first kappa shape index (κ1) is 15.9. The van der Waals surface area contributed by atoms with E-state index in [0.717, 1.165) is 22.8 Å². The van der Waals surface area contributed by atoms with E-state index in [4.69, 9.17) is 0 Å². The number of nitrogens with zero attached hydrogens (tertiary/aromatic N) is 3. The zero-order chi connectivity index (χ0) is 16.3. The normalized spacial score (nSPS) is 16.7. The Balaban J connectivity index is 1.78. The maximum Gasteiger partial charge on any atom is 0.329 e. The molecule has 0 spiro atoms. The molecule has 1 aliphatic heterocycles. The second-order valence-corrected chi connectivity index (χ2v) is 7.31. The molecule has 7 nitrogen and oxygen atoms in total. The van der Waals surface area contributed by atoms with Crippen molar-refractivity contribution in [2.75, 3.05) is 11.5 Å². The van der Waals surface area contributed by atoms with Gasteiger partial charge in [-0.1, -0.05) is 0 Å². The van der Waals surface area contributed by atoms with Crippen LogP contribution in [0.5, 0.6) is 0 Å². The predicted molar refractivity (Wildman–Crippen MR) is 87.5 cm³/mol. The fourth-order valence-electron chi connectivity index (χ4n) is 2.28. The summed E-state index contributed by atoms with van der Waals surface area (Å²) in [5.74, 6) is 0.483. The SMILES string of the molecule is O=C(NC1(C(=O)O)CCSCC1)c1cnc(-c2ncccn2)s1. The molecule has 3 rings (SSSR count). The molecule has 0 radical (unpaired) electrons. The Hall–Kier alpha value is -2.00. The molecular formula is C14H14N4O3S2. The topological polar surface area (TPSA) is 105 Å². The van der Waals surface area contributed by atoms with E-state index in [1.165, 1.54) is 6.20 Å². The highest BCUT2D eigenvalue weighted by molar-refractivity contribution is 7.99. The number of carbonyl (C=O) groups is 2. The molecule has 0 unspecified atom stereocenters. The van der Waals surface area contributed by atoms with Crippen molar-refractivity contribution >= 4 is 35.0 Å². The van der Waals surface area contributed by atoms with Gasteiger partial charge in [-0.15, -0.1) is 11.3 Å². The second-order valence-electron chi connectivity index (χ2n) is 5.06. The number of thiazole rings is 1. The molecule has 2 aromatic rings. The minimum atomic E-state index is -1.18. The van der Waals surface area contributed by atoms with Gasteiger partial charge in [-0.3, -0.25) is 4.79 Å². The lowest BCUT2D eigenvalue weighted by atomic mass is 9.92. The molecule has 120 valence electrons. The smallest absolute Gasteiger partial charge is 0.329 e. The van der Waals surface area contributed by atoms with Gasteiger partial charge >= 0.3 is 5.97 Å². The zero-order valence-electron chi connectivity index (χ0n) is 12.1. The van der Waals surface area contributed by atoms with Crippen LogP contribution in [0.25, 0.3) is 10.8 Å². The monoisotopic (exact) mass is 350 g/mol. The van der Waals surface area contributed by atoms with Crippen LogP contribution in [0, 0.1) is 0 Å². The maximum atomic E-state index is 12.4. The number of thioether (sulfide) groups is 1. The molecule has 2 N–H and O–H groups in total. The second kappa shape index (κ2) is 6.63. The summed E-state index contributed by atoms with van der Waals surface area (Å²) in [5.41, 5.74) is -1.18. The summed E-state index contributed by atoms with van der Waals surface area (Å²) in [5, 5.41) is 12.7. The Morgan fingerprint density at radius 2 is 1.87 bits per heavy atom. The Morgan fingerprint density at radius 1 is 1.17 bits per heavy atom. The van der Waals surface area contributed by atoms with Crippen molar-refractivity contribution < 1.29 is 14.7 Å². The summed E-state index contributed by atoms with van der Waals surface area (Å²) in [7, 11) is 0. The number of aliphatic carboxylic acids is 1. The number of carboxylic acids is 1. The van der Waals surface area contributed by atoms with Crippen LogP contribution in [0.15, 0.2) is 24.7 Å². The van der Waals surface area contributed by atoms with Crippen LogP contribution in [-0.4, -0.2) is 49.0 Å². The van der Waals surface area contributed by atoms with Crippen LogP contribution in [0.1, 0.15) is 22.5 Å². The van der Waals surface area contributed by atoms with E-state index >= 15 is 0 Å². The van der Waals surface area contributed by atoms with Gasteiger partial charge in [0.2, 0.25) is 0 Å². The van der Waals surface area contributed by atoms with Crippen LogP contribution in [0.2, 0.25) is 0 Å². The van der Waals surface area contributed by atoms with Crippen LogP contribution in [0.4, 0.5) is 0 Å². The number of hydrogen-bond acceptors (Lipinski definition) is 7. The highest BCUT2D eigenvalue weighted by Gasteiger charge is 2.41. The van der Waals surface area contributed by atoms with Crippen LogP contribution in [-0.2, 0) is 4.79 Å². The number of nitrogens with one attached hydrogen (secondary N) is 1. The van der Waals surface area contributed by atoms with Gasteiger partial charge in [0.1, 0.15) is 10.4 Å². The van der Waals surface area contributed by atoms with Gasteiger partial charge < -0.3 is 10.4 Å². The van der Waals surface area contributed by atoms with E-state index in [-0.39, 0.29) is 0 Å². The van der Waals surface area contributed by atoms with Crippen molar-refractivity contribution in [3.8, 4) is 10.8 Å². The quantitative estimate of drug-likeness (QED) is 0.864. The maximum absolute atomic E-state index is 12.4. The molecule has 3 heterocycles. The number of carbonyl (C=O) groups excluding carboxylic acids is 1. The molecule has 1 amide bonds. The lowest BCUT2D eigenvalue weighted by Gasteiger charge is -2.33. The average molecular weight is 350 g/mol. The average Bonchev–Trinajstić information content (AvgIpc) is 3.06. The van der Waals surface area contributed by atoms with Gasteiger partial charge in [0, 0.05) is 12.4 Å². The molecule has 0 aliphatic carbocycles. The molecule has 0 atom stereocenters. The Labute approximate surface area is 140 Å². The van der Waals surface area contributed by atoms with Gasteiger partial charge in [0.25, 0.3) is 5.91 Å². The van der Waals surface area contributed by atoms with E-state index in [2.05, 4.69) is 20.3 Å². The predicted octanol–water partition coefficient (Wildman–Crippen LogP) is 1.68. The highest BCUT2D eigenvalue weighted by Crippen LogP contribution is 2.29. The minimum absolute atomic E-state index is 0.353. The lowest BCUT2D eigenvalue weighted by Crippen LogP contribution is -2.56. The number of hydrogen-bond donors (Lipinski definition) is 2. The number of amides is 1. The van der Waals surface area contributed by atoms with Crippen molar-refractivity contribution in [1.29, 1.82) is 0 Å². The van der Waals surface area contributed by atoms with Crippen LogP contribution < -0.4 is 5.32 Å². The molecule has 1 fully saturated rings. The summed E-state index contributed by atoms with van der Waals surface area (Å²) >= 11 is 2.84. The molecule has 9 heteroatoms. The largest absolute Gasteiger partial charge is 0.480 e. The summed E-state index contributed by atoms with van der Waals surface area (Å²) in [6.45, 7) is 0. The molecule has 0 aromatic carbocycles. The Bertz CT molecular complexity index is 714. The van der Waals surface area contributed by atoms with E-state index in [1.54, 1.807) is 30.2 Å². The summed E-state index contributed by atoms with van der Waals surface area (Å²) in [6, 6.07) is 1.70. The molecule has 23 heavy (non-hydrogen) atoms. The van der Waals surface area contributed by atoms with Gasteiger partial charge in [-0.05, 0) is 30.4 Å². The Kier molecular flexibility index (Phi) is 4.58. The minimum Gasteiger partial charge on any atom is -0.480 e. The van der Waals surface area contributed by atoms with Gasteiger partial charge in [-0.25, -0.2) is 19.7 Å². The number of carboxylic acid groups (broad SMARTS) is 1. The number of rotatable bonds is 4. The third kappa shape index (κ3) is 3.35. The van der Waals surface area contributed by atoms with Crippen molar-refractivity contribution in [3.05, 3.63) is 29.5 Å². The van der Waals surface area contributed by atoms with E-state index < -0.39 is 17.4 Å². The fraction of sp³-hybridized carbons (Fsp3) is 0.357. The van der Waals surface area contributed by atoms with Crippen LogP contribution >= 0.6 is 23.1 Å². The third-order valence-corrected chi connectivity index (χ3v) is 5.57. The molecule has 0 saturated carbocycles. The van der Waals surface area contributed by atoms with Gasteiger partial charge in [0.05, 0.1) is 6.20 Å². The van der Waals surface area contributed by atoms with Crippen molar-refractivity contribution in [2.45, 2.75) is 18.4 Å². The zero-order valence-corrected chi connectivity index (χ0v) is 13.7. The van der Waals surface area contributed by atoms with Crippen molar-refractivity contribution in [3.63, 3.8) is 0 Å². The molecular weight excluding hydrogens is 336 g/mol. The summed E-state index contributed by atoms with van der Waals surface area (Å²) < 4.78 is 0. The van der Waals surface area contributed by atoms with Crippen molar-refractivity contribution in [2.24, 2.45) is 0 Å². The van der Waals surface area contributed by atoms with E-state index in [1.807, 2.05) is 0 Å². The first-order chi connectivity index (χ1) is 11.1.